The van der Waals surface area contributed by atoms with Crippen LogP contribution in [0.1, 0.15) is 26.7 Å². The number of esters is 1. The highest BCUT2D eigenvalue weighted by Crippen LogP contribution is 2.26. The number of hydrogen-bond donors (Lipinski definition) is 1. The Labute approximate surface area is 125 Å². The van der Waals surface area contributed by atoms with E-state index in [1.807, 2.05) is 43.8 Å². The lowest BCUT2D eigenvalue weighted by Crippen LogP contribution is -2.29. The Kier molecular flexibility index (Phi) is 7.39. The van der Waals surface area contributed by atoms with Crippen molar-refractivity contribution in [1.29, 1.82) is 0 Å². The molecule has 19 heavy (non-hydrogen) atoms. The van der Waals surface area contributed by atoms with Gasteiger partial charge in [0.15, 0.2) is 0 Å². The molecule has 1 aromatic rings. The maximum Gasteiger partial charge on any atom is 0.316 e. The zero-order valence-corrected chi connectivity index (χ0v) is 13.3. The molecule has 0 atom stereocenters. The molecule has 0 aliphatic heterocycles. The van der Waals surface area contributed by atoms with Crippen LogP contribution in [0, 0.1) is 5.41 Å². The van der Waals surface area contributed by atoms with Crippen molar-refractivity contribution in [3.8, 4) is 5.75 Å². The van der Waals surface area contributed by atoms with Gasteiger partial charge in [-0.25, -0.2) is 0 Å². The Hall–Kier alpha value is -0.610. The molecule has 0 aliphatic carbocycles. The highest BCUT2D eigenvalue weighted by Gasteiger charge is 2.29. The lowest BCUT2D eigenvalue weighted by molar-refractivity contribution is -0.144. The minimum Gasteiger partial charge on any atom is -0.426 e. The molecule has 0 aromatic heterocycles. The van der Waals surface area contributed by atoms with E-state index in [0.717, 1.165) is 30.1 Å². The summed E-state index contributed by atoms with van der Waals surface area (Å²) >= 11 is 6.05. The average Bonchev–Trinajstić information content (AvgIpc) is 2.39. The van der Waals surface area contributed by atoms with Gasteiger partial charge in [0.1, 0.15) is 5.75 Å². The predicted octanol–water partition coefficient (Wildman–Crippen LogP) is 4.06. The zero-order chi connectivity index (χ0) is 14.1. The van der Waals surface area contributed by atoms with E-state index in [4.69, 9.17) is 4.74 Å². The minimum absolute atomic E-state index is 0.159. The largest absolute Gasteiger partial charge is 0.426 e. The van der Waals surface area contributed by atoms with E-state index in [9.17, 15) is 4.79 Å². The van der Waals surface area contributed by atoms with Gasteiger partial charge in [-0.05, 0) is 56.1 Å². The summed E-state index contributed by atoms with van der Waals surface area (Å²) in [6, 6.07) is 9.23. The third-order valence-corrected chi connectivity index (χ3v) is 4.21. The van der Waals surface area contributed by atoms with Crippen molar-refractivity contribution in [1.82, 2.24) is 0 Å². The van der Waals surface area contributed by atoms with Gasteiger partial charge < -0.3 is 4.74 Å². The van der Waals surface area contributed by atoms with Gasteiger partial charge in [-0.15, -0.1) is 0 Å². The molecule has 0 heterocycles. The molecule has 0 saturated heterocycles. The second kappa shape index (κ2) is 8.54. The van der Waals surface area contributed by atoms with Gasteiger partial charge in [-0.3, -0.25) is 4.79 Å². The van der Waals surface area contributed by atoms with Crippen LogP contribution in [-0.2, 0) is 4.79 Å². The van der Waals surface area contributed by atoms with Crippen LogP contribution in [0.15, 0.2) is 30.3 Å². The standard InChI is InChI=1S/C15H22O2S2/c1-15(2,9-12-19-11-6-10-18)14(16)17-13-7-4-3-5-8-13/h3-5,7-8,18H,6,9-12H2,1-2H3. The van der Waals surface area contributed by atoms with E-state index in [0.29, 0.717) is 5.75 Å². The number of ether oxygens (including phenoxy) is 1. The van der Waals surface area contributed by atoms with Gasteiger partial charge in [0.2, 0.25) is 0 Å². The lowest BCUT2D eigenvalue weighted by atomic mass is 9.90. The molecule has 0 unspecified atom stereocenters. The van der Waals surface area contributed by atoms with Crippen LogP contribution < -0.4 is 4.74 Å². The predicted molar refractivity (Wildman–Crippen MR) is 86.3 cm³/mol. The number of rotatable bonds is 8. The summed E-state index contributed by atoms with van der Waals surface area (Å²) in [4.78, 5) is 12.1. The van der Waals surface area contributed by atoms with Gasteiger partial charge in [0.05, 0.1) is 5.41 Å². The summed E-state index contributed by atoms with van der Waals surface area (Å²) in [7, 11) is 0. The van der Waals surface area contributed by atoms with E-state index >= 15 is 0 Å². The van der Waals surface area contributed by atoms with Gasteiger partial charge in [0, 0.05) is 0 Å². The quantitative estimate of drug-likeness (QED) is 0.339. The normalized spacial score (nSPS) is 11.3. The van der Waals surface area contributed by atoms with Crippen LogP contribution in [0.5, 0.6) is 5.75 Å². The summed E-state index contributed by atoms with van der Waals surface area (Å²) in [5, 5.41) is 0. The fourth-order valence-corrected chi connectivity index (χ4v) is 3.01. The number of thiol groups is 1. The van der Waals surface area contributed by atoms with Crippen LogP contribution in [0.25, 0.3) is 0 Å². The first-order valence-electron chi connectivity index (χ1n) is 6.52. The van der Waals surface area contributed by atoms with Crippen LogP contribution in [-0.4, -0.2) is 23.2 Å². The molecular formula is C15H22O2S2. The summed E-state index contributed by atoms with van der Waals surface area (Å²) < 4.78 is 5.40. The molecule has 0 amide bonds. The minimum atomic E-state index is -0.441. The summed E-state index contributed by atoms with van der Waals surface area (Å²) in [6.07, 6.45) is 1.94. The zero-order valence-electron chi connectivity index (χ0n) is 11.6. The molecule has 0 bridgehead atoms. The van der Waals surface area contributed by atoms with Gasteiger partial charge in [-0.2, -0.15) is 24.4 Å². The molecule has 0 N–H and O–H groups in total. The SMILES string of the molecule is CC(C)(CCSCCCS)C(=O)Oc1ccccc1. The number of carbonyl (C=O) groups is 1. The van der Waals surface area contributed by atoms with Crippen molar-refractivity contribution in [3.63, 3.8) is 0 Å². The van der Waals surface area contributed by atoms with Crippen LogP contribution in [0.4, 0.5) is 0 Å². The molecule has 2 nitrogen and oxygen atoms in total. The van der Waals surface area contributed by atoms with E-state index in [1.165, 1.54) is 0 Å². The van der Waals surface area contributed by atoms with Crippen molar-refractivity contribution in [3.05, 3.63) is 30.3 Å². The van der Waals surface area contributed by atoms with Crippen molar-refractivity contribution in [2.75, 3.05) is 17.3 Å². The van der Waals surface area contributed by atoms with Crippen LogP contribution >= 0.6 is 24.4 Å². The fourth-order valence-electron chi connectivity index (χ4n) is 1.43. The molecule has 0 radical (unpaired) electrons. The van der Waals surface area contributed by atoms with E-state index in [1.54, 1.807) is 12.1 Å². The molecule has 106 valence electrons. The molecule has 0 aliphatic rings. The number of benzene rings is 1. The maximum absolute atomic E-state index is 12.1. The maximum atomic E-state index is 12.1. The number of para-hydroxylation sites is 1. The monoisotopic (exact) mass is 298 g/mol. The Balaban J connectivity index is 2.37. The van der Waals surface area contributed by atoms with Crippen molar-refractivity contribution in [2.45, 2.75) is 26.7 Å². The van der Waals surface area contributed by atoms with E-state index in [-0.39, 0.29) is 5.97 Å². The first-order chi connectivity index (χ1) is 9.06. The summed E-state index contributed by atoms with van der Waals surface area (Å²) in [5.74, 6) is 3.46. The third kappa shape index (κ3) is 6.39. The molecule has 1 aromatic carbocycles. The fraction of sp³-hybridized carbons (Fsp3) is 0.533. The molecule has 4 heteroatoms. The second-order valence-electron chi connectivity index (χ2n) is 5.03. The summed E-state index contributed by atoms with van der Waals surface area (Å²) in [6.45, 7) is 3.88. The third-order valence-electron chi connectivity index (χ3n) is 2.82. The molecule has 0 fully saturated rings. The molecule has 1 rings (SSSR count). The number of carbonyl (C=O) groups excluding carboxylic acids is 1. The first-order valence-corrected chi connectivity index (χ1v) is 8.31. The van der Waals surface area contributed by atoms with Gasteiger partial charge in [-0.1, -0.05) is 18.2 Å². The molecule has 0 spiro atoms. The summed E-state index contributed by atoms with van der Waals surface area (Å²) in [5.41, 5.74) is -0.441. The van der Waals surface area contributed by atoms with Crippen LogP contribution in [0.3, 0.4) is 0 Å². The topological polar surface area (TPSA) is 26.3 Å². The molecule has 0 saturated carbocycles. The highest BCUT2D eigenvalue weighted by molar-refractivity contribution is 7.99. The van der Waals surface area contributed by atoms with Gasteiger partial charge >= 0.3 is 5.97 Å². The first kappa shape index (κ1) is 16.4. The smallest absolute Gasteiger partial charge is 0.316 e. The number of thioether (sulfide) groups is 1. The Morgan fingerprint density at radius 2 is 1.95 bits per heavy atom. The van der Waals surface area contributed by atoms with Crippen molar-refractivity contribution in [2.24, 2.45) is 5.41 Å². The highest BCUT2D eigenvalue weighted by atomic mass is 32.2. The van der Waals surface area contributed by atoms with E-state index < -0.39 is 5.41 Å². The Morgan fingerprint density at radius 1 is 1.26 bits per heavy atom. The van der Waals surface area contributed by atoms with Gasteiger partial charge in [0.25, 0.3) is 0 Å². The van der Waals surface area contributed by atoms with Crippen LogP contribution in [0.2, 0.25) is 0 Å². The Morgan fingerprint density at radius 3 is 2.58 bits per heavy atom. The lowest BCUT2D eigenvalue weighted by Gasteiger charge is -2.22. The van der Waals surface area contributed by atoms with Crippen molar-refractivity contribution < 1.29 is 9.53 Å². The second-order valence-corrected chi connectivity index (χ2v) is 6.70. The number of hydrogen-bond acceptors (Lipinski definition) is 4. The van der Waals surface area contributed by atoms with E-state index in [2.05, 4.69) is 12.6 Å². The average molecular weight is 298 g/mol. The molecular weight excluding hydrogens is 276 g/mol. The van der Waals surface area contributed by atoms with Crippen molar-refractivity contribution >= 4 is 30.4 Å². The Bertz CT molecular complexity index is 377.